The van der Waals surface area contributed by atoms with E-state index in [1.807, 2.05) is 56.3 Å². The second-order valence-electron chi connectivity index (χ2n) is 6.78. The van der Waals surface area contributed by atoms with E-state index in [0.717, 1.165) is 15.6 Å². The molecule has 2 N–H and O–H groups in total. The predicted octanol–water partition coefficient (Wildman–Crippen LogP) is 4.63. The number of aliphatic carboxylic acids is 1. The fraction of sp³-hybridized carbons (Fsp3) is 0.381. The molecule has 5 nitrogen and oxygen atoms in total. The van der Waals surface area contributed by atoms with E-state index in [2.05, 4.69) is 21.2 Å². The topological polar surface area (TPSA) is 67.8 Å². The SMILES string of the molecule is COc1cc(CNC(CC(C)C)C(=O)O)cc(Br)c1OCc1ccccc1. The quantitative estimate of drug-likeness (QED) is 0.569. The molecule has 1 atom stereocenters. The fourth-order valence-electron chi connectivity index (χ4n) is 2.73. The molecule has 0 fully saturated rings. The summed E-state index contributed by atoms with van der Waals surface area (Å²) in [6.07, 6.45) is 0.575. The molecule has 2 rings (SSSR count). The third-order valence-electron chi connectivity index (χ3n) is 4.07. The fourth-order valence-corrected chi connectivity index (χ4v) is 3.33. The number of hydrogen-bond donors (Lipinski definition) is 2. The third-order valence-corrected chi connectivity index (χ3v) is 4.66. The Labute approximate surface area is 168 Å². The van der Waals surface area contributed by atoms with E-state index in [1.165, 1.54) is 0 Å². The largest absolute Gasteiger partial charge is 0.493 e. The van der Waals surface area contributed by atoms with Gasteiger partial charge in [0, 0.05) is 6.54 Å². The van der Waals surface area contributed by atoms with Crippen molar-refractivity contribution in [3.05, 3.63) is 58.1 Å². The highest BCUT2D eigenvalue weighted by Crippen LogP contribution is 2.37. The van der Waals surface area contributed by atoms with Gasteiger partial charge in [0.15, 0.2) is 11.5 Å². The van der Waals surface area contributed by atoms with Gasteiger partial charge in [-0.05, 0) is 51.5 Å². The van der Waals surface area contributed by atoms with Gasteiger partial charge in [-0.15, -0.1) is 0 Å². The minimum absolute atomic E-state index is 0.300. The zero-order chi connectivity index (χ0) is 19.8. The predicted molar refractivity (Wildman–Crippen MR) is 109 cm³/mol. The number of carboxylic acid groups (broad SMARTS) is 1. The van der Waals surface area contributed by atoms with E-state index in [0.29, 0.717) is 37.0 Å². The van der Waals surface area contributed by atoms with E-state index >= 15 is 0 Å². The van der Waals surface area contributed by atoms with Gasteiger partial charge in [0.1, 0.15) is 12.6 Å². The van der Waals surface area contributed by atoms with Crippen LogP contribution in [0.3, 0.4) is 0 Å². The lowest BCUT2D eigenvalue weighted by atomic mass is 10.0. The van der Waals surface area contributed by atoms with Crippen LogP contribution in [-0.2, 0) is 17.9 Å². The van der Waals surface area contributed by atoms with Crippen molar-refractivity contribution < 1.29 is 19.4 Å². The van der Waals surface area contributed by atoms with Crippen LogP contribution in [0.5, 0.6) is 11.5 Å². The number of rotatable bonds is 10. The van der Waals surface area contributed by atoms with Crippen LogP contribution in [0.25, 0.3) is 0 Å². The summed E-state index contributed by atoms with van der Waals surface area (Å²) in [4.78, 5) is 11.4. The van der Waals surface area contributed by atoms with Gasteiger partial charge in [0.2, 0.25) is 0 Å². The molecule has 0 radical (unpaired) electrons. The summed E-state index contributed by atoms with van der Waals surface area (Å²) in [6, 6.07) is 13.1. The maximum atomic E-state index is 11.4. The zero-order valence-corrected chi connectivity index (χ0v) is 17.5. The lowest BCUT2D eigenvalue weighted by molar-refractivity contribution is -0.140. The minimum Gasteiger partial charge on any atom is -0.493 e. The number of carboxylic acids is 1. The Bertz CT molecular complexity index is 749. The van der Waals surface area contributed by atoms with Gasteiger partial charge in [0.25, 0.3) is 0 Å². The van der Waals surface area contributed by atoms with Gasteiger partial charge in [-0.1, -0.05) is 44.2 Å². The van der Waals surface area contributed by atoms with Gasteiger partial charge in [-0.3, -0.25) is 4.79 Å². The molecular weight excluding hydrogens is 410 g/mol. The summed E-state index contributed by atoms with van der Waals surface area (Å²) in [6.45, 7) is 4.88. The summed E-state index contributed by atoms with van der Waals surface area (Å²) in [5.74, 6) is 0.695. The van der Waals surface area contributed by atoms with E-state index in [-0.39, 0.29) is 0 Å². The first kappa shape index (κ1) is 21.3. The number of carbonyl (C=O) groups is 1. The van der Waals surface area contributed by atoms with Crippen molar-refractivity contribution in [2.75, 3.05) is 7.11 Å². The lowest BCUT2D eigenvalue weighted by Gasteiger charge is -2.18. The summed E-state index contributed by atoms with van der Waals surface area (Å²) < 4.78 is 12.2. The molecule has 6 heteroatoms. The Balaban J connectivity index is 2.09. The van der Waals surface area contributed by atoms with Crippen molar-refractivity contribution in [2.24, 2.45) is 5.92 Å². The van der Waals surface area contributed by atoms with Gasteiger partial charge in [-0.25, -0.2) is 0 Å². The molecule has 2 aromatic rings. The Morgan fingerprint density at radius 3 is 2.48 bits per heavy atom. The van der Waals surface area contributed by atoms with Crippen molar-refractivity contribution in [1.82, 2.24) is 5.32 Å². The smallest absolute Gasteiger partial charge is 0.320 e. The Morgan fingerprint density at radius 1 is 1.19 bits per heavy atom. The third kappa shape index (κ3) is 6.56. The highest BCUT2D eigenvalue weighted by Gasteiger charge is 2.19. The molecule has 0 aliphatic heterocycles. The number of ether oxygens (including phenoxy) is 2. The molecule has 0 bridgehead atoms. The Morgan fingerprint density at radius 2 is 1.89 bits per heavy atom. The van der Waals surface area contributed by atoms with Crippen LogP contribution in [0.2, 0.25) is 0 Å². The molecule has 0 saturated heterocycles. The maximum absolute atomic E-state index is 11.4. The average molecular weight is 436 g/mol. The van der Waals surface area contributed by atoms with Crippen LogP contribution in [-0.4, -0.2) is 24.2 Å². The zero-order valence-electron chi connectivity index (χ0n) is 15.9. The van der Waals surface area contributed by atoms with Gasteiger partial charge >= 0.3 is 5.97 Å². The van der Waals surface area contributed by atoms with Crippen molar-refractivity contribution in [1.29, 1.82) is 0 Å². The number of nitrogens with one attached hydrogen (secondary N) is 1. The number of benzene rings is 2. The molecule has 0 saturated carbocycles. The molecule has 1 unspecified atom stereocenters. The second-order valence-corrected chi connectivity index (χ2v) is 7.64. The average Bonchev–Trinajstić information content (AvgIpc) is 2.64. The minimum atomic E-state index is -0.836. The molecule has 0 aliphatic carbocycles. The van der Waals surface area contributed by atoms with E-state index in [1.54, 1.807) is 7.11 Å². The second kappa shape index (κ2) is 10.3. The molecule has 0 amide bonds. The van der Waals surface area contributed by atoms with Crippen LogP contribution in [0, 0.1) is 5.92 Å². The normalized spacial score (nSPS) is 12.0. The van der Waals surface area contributed by atoms with Crippen molar-refractivity contribution in [3.8, 4) is 11.5 Å². The number of methoxy groups -OCH3 is 1. The van der Waals surface area contributed by atoms with Crippen LogP contribution < -0.4 is 14.8 Å². The van der Waals surface area contributed by atoms with Gasteiger partial charge < -0.3 is 19.9 Å². The van der Waals surface area contributed by atoms with E-state index in [4.69, 9.17) is 9.47 Å². The van der Waals surface area contributed by atoms with Gasteiger partial charge in [-0.2, -0.15) is 0 Å². The molecule has 0 heterocycles. The first-order valence-corrected chi connectivity index (χ1v) is 9.69. The lowest BCUT2D eigenvalue weighted by Crippen LogP contribution is -2.37. The molecule has 27 heavy (non-hydrogen) atoms. The number of halogens is 1. The van der Waals surface area contributed by atoms with Crippen molar-refractivity contribution >= 4 is 21.9 Å². The molecule has 0 aliphatic rings. The van der Waals surface area contributed by atoms with Crippen LogP contribution in [0.15, 0.2) is 46.9 Å². The molecule has 0 spiro atoms. The maximum Gasteiger partial charge on any atom is 0.320 e. The van der Waals surface area contributed by atoms with E-state index < -0.39 is 12.0 Å². The van der Waals surface area contributed by atoms with Crippen molar-refractivity contribution in [3.63, 3.8) is 0 Å². The first-order valence-electron chi connectivity index (χ1n) is 8.90. The number of hydrogen-bond acceptors (Lipinski definition) is 4. The van der Waals surface area contributed by atoms with Crippen LogP contribution in [0.4, 0.5) is 0 Å². The highest BCUT2D eigenvalue weighted by atomic mass is 79.9. The van der Waals surface area contributed by atoms with Gasteiger partial charge in [0.05, 0.1) is 11.6 Å². The summed E-state index contributed by atoms with van der Waals surface area (Å²) in [5, 5.41) is 12.5. The summed E-state index contributed by atoms with van der Waals surface area (Å²) >= 11 is 3.54. The highest BCUT2D eigenvalue weighted by molar-refractivity contribution is 9.10. The standard InChI is InChI=1S/C21H26BrNO4/c1-14(2)9-18(21(24)25)23-12-16-10-17(22)20(19(11-16)26-3)27-13-15-7-5-4-6-8-15/h4-8,10-11,14,18,23H,9,12-13H2,1-3H3,(H,24,25). The Hall–Kier alpha value is -2.05. The monoisotopic (exact) mass is 435 g/mol. The molecular formula is C21H26BrNO4. The van der Waals surface area contributed by atoms with Crippen LogP contribution >= 0.6 is 15.9 Å². The van der Waals surface area contributed by atoms with Crippen molar-refractivity contribution in [2.45, 2.75) is 39.5 Å². The molecule has 0 aromatic heterocycles. The summed E-state index contributed by atoms with van der Waals surface area (Å²) in [5.41, 5.74) is 1.98. The summed E-state index contributed by atoms with van der Waals surface area (Å²) in [7, 11) is 1.59. The molecule has 146 valence electrons. The molecule has 2 aromatic carbocycles. The Kier molecular flexibility index (Phi) is 8.13. The first-order chi connectivity index (χ1) is 12.9. The van der Waals surface area contributed by atoms with E-state index in [9.17, 15) is 9.90 Å². The van der Waals surface area contributed by atoms with Crippen LogP contribution in [0.1, 0.15) is 31.4 Å².